The molecule has 18 heavy (non-hydrogen) atoms. The van der Waals surface area contributed by atoms with E-state index >= 15 is 0 Å². The Bertz CT molecular complexity index is 537. The van der Waals surface area contributed by atoms with Crippen LogP contribution >= 0.6 is 23.2 Å². The molecule has 0 saturated carbocycles. The Hall–Kier alpha value is -1.32. The number of nitrogens with zero attached hydrogens (tertiary/aromatic N) is 3. The van der Waals surface area contributed by atoms with E-state index in [2.05, 4.69) is 9.97 Å². The Morgan fingerprint density at radius 3 is 2.61 bits per heavy atom. The van der Waals surface area contributed by atoms with Crippen LogP contribution in [0.5, 0.6) is 0 Å². The van der Waals surface area contributed by atoms with Gasteiger partial charge in [-0.1, -0.05) is 23.7 Å². The summed E-state index contributed by atoms with van der Waals surface area (Å²) in [6.45, 7) is 2.61. The van der Waals surface area contributed by atoms with Crippen molar-refractivity contribution in [1.29, 1.82) is 0 Å². The topological polar surface area (TPSA) is 29.0 Å². The van der Waals surface area contributed by atoms with Gasteiger partial charge in [0.2, 0.25) is 5.28 Å². The van der Waals surface area contributed by atoms with Crippen LogP contribution in [-0.2, 0) is 6.54 Å². The van der Waals surface area contributed by atoms with E-state index in [9.17, 15) is 0 Å². The van der Waals surface area contributed by atoms with Gasteiger partial charge < -0.3 is 4.90 Å². The first-order valence-electron chi connectivity index (χ1n) is 5.51. The molecule has 0 N–H and O–H groups in total. The molecule has 0 aliphatic heterocycles. The van der Waals surface area contributed by atoms with E-state index in [-0.39, 0.29) is 5.28 Å². The number of benzene rings is 1. The highest BCUT2D eigenvalue weighted by atomic mass is 35.5. The van der Waals surface area contributed by atoms with Crippen LogP contribution in [-0.4, -0.2) is 17.0 Å². The van der Waals surface area contributed by atoms with E-state index in [4.69, 9.17) is 23.2 Å². The number of rotatable bonds is 3. The van der Waals surface area contributed by atoms with Crippen molar-refractivity contribution in [2.45, 2.75) is 13.5 Å². The van der Waals surface area contributed by atoms with Crippen LogP contribution in [0.25, 0.3) is 0 Å². The zero-order valence-electron chi connectivity index (χ0n) is 10.2. The van der Waals surface area contributed by atoms with Gasteiger partial charge >= 0.3 is 0 Å². The Morgan fingerprint density at radius 2 is 1.94 bits per heavy atom. The maximum atomic E-state index is 5.96. The third-order valence-electron chi connectivity index (χ3n) is 2.51. The van der Waals surface area contributed by atoms with Gasteiger partial charge in [0, 0.05) is 30.4 Å². The summed E-state index contributed by atoms with van der Waals surface area (Å²) in [6.07, 6.45) is 0. The van der Waals surface area contributed by atoms with E-state index in [1.807, 2.05) is 49.2 Å². The second-order valence-corrected chi connectivity index (χ2v) is 4.90. The number of hydrogen-bond donors (Lipinski definition) is 0. The molecule has 1 heterocycles. The van der Waals surface area contributed by atoms with Crippen molar-refractivity contribution >= 4 is 29.0 Å². The zero-order chi connectivity index (χ0) is 13.1. The van der Waals surface area contributed by atoms with Crippen LogP contribution in [0.2, 0.25) is 10.3 Å². The van der Waals surface area contributed by atoms with E-state index in [1.54, 1.807) is 0 Å². The lowest BCUT2D eigenvalue weighted by Crippen LogP contribution is -2.18. The number of halogens is 2. The average Bonchev–Trinajstić information content (AvgIpc) is 2.27. The molecule has 0 aliphatic rings. The first-order valence-corrected chi connectivity index (χ1v) is 6.27. The summed E-state index contributed by atoms with van der Waals surface area (Å²) in [5.74, 6) is 0.799. The lowest BCUT2D eigenvalue weighted by Gasteiger charge is -2.18. The average molecular weight is 282 g/mol. The van der Waals surface area contributed by atoms with Crippen LogP contribution in [0.1, 0.15) is 11.3 Å². The Morgan fingerprint density at radius 1 is 1.17 bits per heavy atom. The summed E-state index contributed by atoms with van der Waals surface area (Å²) < 4.78 is 0. The molecule has 0 bridgehead atoms. The van der Waals surface area contributed by atoms with Crippen molar-refractivity contribution in [2.75, 3.05) is 11.9 Å². The predicted molar refractivity (Wildman–Crippen MR) is 75.3 cm³/mol. The van der Waals surface area contributed by atoms with Gasteiger partial charge in [-0.25, -0.2) is 9.97 Å². The fourth-order valence-electron chi connectivity index (χ4n) is 1.70. The summed E-state index contributed by atoms with van der Waals surface area (Å²) >= 11 is 11.8. The third kappa shape index (κ3) is 3.34. The van der Waals surface area contributed by atoms with E-state index in [0.29, 0.717) is 6.54 Å². The van der Waals surface area contributed by atoms with Crippen molar-refractivity contribution in [3.63, 3.8) is 0 Å². The quantitative estimate of drug-likeness (QED) is 0.803. The number of aryl methyl sites for hydroxylation is 1. The van der Waals surface area contributed by atoms with Gasteiger partial charge in [0.05, 0.1) is 0 Å². The summed E-state index contributed by atoms with van der Waals surface area (Å²) in [6, 6.07) is 9.66. The Balaban J connectivity index is 2.19. The third-order valence-corrected chi connectivity index (χ3v) is 2.92. The van der Waals surface area contributed by atoms with E-state index in [1.165, 1.54) is 0 Å². The van der Waals surface area contributed by atoms with Gasteiger partial charge in [0.15, 0.2) is 0 Å². The minimum atomic E-state index is 0.267. The second-order valence-electron chi connectivity index (χ2n) is 4.12. The number of aromatic nitrogens is 2. The van der Waals surface area contributed by atoms with Crippen LogP contribution in [0.4, 0.5) is 5.82 Å². The van der Waals surface area contributed by atoms with Crippen molar-refractivity contribution in [2.24, 2.45) is 0 Å². The summed E-state index contributed by atoms with van der Waals surface area (Å²) in [5, 5.41) is 1.00. The van der Waals surface area contributed by atoms with Crippen molar-refractivity contribution in [3.05, 3.63) is 51.9 Å². The standard InChI is InChI=1S/C13H13Cl2N3/c1-9-6-12(17-13(15)16-9)18(2)8-10-4-3-5-11(14)7-10/h3-7H,8H2,1-2H3. The molecule has 0 spiro atoms. The molecule has 0 aliphatic carbocycles. The molecule has 0 radical (unpaired) electrons. The van der Waals surface area contributed by atoms with Crippen molar-refractivity contribution in [1.82, 2.24) is 9.97 Å². The van der Waals surface area contributed by atoms with Gasteiger partial charge in [0.1, 0.15) is 5.82 Å². The fourth-order valence-corrected chi connectivity index (χ4v) is 2.13. The molecule has 2 rings (SSSR count). The summed E-state index contributed by atoms with van der Waals surface area (Å²) in [7, 11) is 1.96. The van der Waals surface area contributed by atoms with Crippen molar-refractivity contribution in [3.8, 4) is 0 Å². The second kappa shape index (κ2) is 5.55. The van der Waals surface area contributed by atoms with Crippen LogP contribution in [0.3, 0.4) is 0 Å². The molecule has 0 atom stereocenters. The van der Waals surface area contributed by atoms with Gasteiger partial charge in [-0.3, -0.25) is 0 Å². The molecule has 0 unspecified atom stereocenters. The molecule has 0 fully saturated rings. The fraction of sp³-hybridized carbons (Fsp3) is 0.231. The molecular weight excluding hydrogens is 269 g/mol. The minimum Gasteiger partial charge on any atom is -0.355 e. The van der Waals surface area contributed by atoms with Crippen LogP contribution in [0, 0.1) is 6.92 Å². The smallest absolute Gasteiger partial charge is 0.224 e. The molecule has 1 aromatic heterocycles. The van der Waals surface area contributed by atoms with Gasteiger partial charge in [-0.15, -0.1) is 0 Å². The predicted octanol–water partition coefficient (Wildman–Crippen LogP) is 3.73. The highest BCUT2D eigenvalue weighted by molar-refractivity contribution is 6.30. The molecule has 3 nitrogen and oxygen atoms in total. The normalized spacial score (nSPS) is 10.4. The molecule has 0 saturated heterocycles. The zero-order valence-corrected chi connectivity index (χ0v) is 11.7. The van der Waals surface area contributed by atoms with Crippen LogP contribution < -0.4 is 4.90 Å². The number of anilines is 1. The van der Waals surface area contributed by atoms with Gasteiger partial charge in [-0.05, 0) is 36.2 Å². The minimum absolute atomic E-state index is 0.267. The molecule has 0 amide bonds. The van der Waals surface area contributed by atoms with Crippen LogP contribution in [0.15, 0.2) is 30.3 Å². The largest absolute Gasteiger partial charge is 0.355 e. The maximum Gasteiger partial charge on any atom is 0.224 e. The summed E-state index contributed by atoms with van der Waals surface area (Å²) in [4.78, 5) is 10.3. The van der Waals surface area contributed by atoms with Gasteiger partial charge in [-0.2, -0.15) is 0 Å². The SMILES string of the molecule is Cc1cc(N(C)Cc2cccc(Cl)c2)nc(Cl)n1. The molecule has 94 valence electrons. The first-order chi connectivity index (χ1) is 8.54. The summed E-state index contributed by atoms with van der Waals surface area (Å²) in [5.41, 5.74) is 1.97. The first kappa shape index (κ1) is 13.1. The Labute approximate surface area is 116 Å². The van der Waals surface area contributed by atoms with E-state index < -0.39 is 0 Å². The molecule has 1 aromatic carbocycles. The Kier molecular flexibility index (Phi) is 4.04. The highest BCUT2D eigenvalue weighted by Crippen LogP contribution is 2.17. The lowest BCUT2D eigenvalue weighted by atomic mass is 10.2. The maximum absolute atomic E-state index is 5.96. The lowest BCUT2D eigenvalue weighted by molar-refractivity contribution is 0.886. The number of hydrogen-bond acceptors (Lipinski definition) is 3. The van der Waals surface area contributed by atoms with Crippen molar-refractivity contribution < 1.29 is 0 Å². The molecule has 2 aromatic rings. The molecule has 5 heteroatoms. The van der Waals surface area contributed by atoms with Gasteiger partial charge in [0.25, 0.3) is 0 Å². The molecular formula is C13H13Cl2N3. The monoisotopic (exact) mass is 281 g/mol. The highest BCUT2D eigenvalue weighted by Gasteiger charge is 2.06. The van der Waals surface area contributed by atoms with E-state index in [0.717, 1.165) is 22.1 Å².